The third kappa shape index (κ3) is 3.14. The molecular formula is C22H23NO4. The van der Waals surface area contributed by atoms with E-state index in [1.54, 1.807) is 14.2 Å². The summed E-state index contributed by atoms with van der Waals surface area (Å²) < 4.78 is 16.7. The average molecular weight is 365 g/mol. The van der Waals surface area contributed by atoms with E-state index in [0.717, 1.165) is 40.0 Å². The van der Waals surface area contributed by atoms with E-state index in [2.05, 4.69) is 0 Å². The van der Waals surface area contributed by atoms with Crippen molar-refractivity contribution in [2.45, 2.75) is 19.3 Å². The van der Waals surface area contributed by atoms with Gasteiger partial charge in [0.25, 0.3) is 5.91 Å². The van der Waals surface area contributed by atoms with Crippen LogP contribution >= 0.6 is 0 Å². The molecule has 0 saturated carbocycles. The second-order valence-corrected chi connectivity index (χ2v) is 6.95. The number of carbonyl (C=O) groups excluding carboxylic acids is 1. The summed E-state index contributed by atoms with van der Waals surface area (Å²) in [4.78, 5) is 14.8. The fraction of sp³-hybridized carbons (Fsp3) is 0.318. The summed E-state index contributed by atoms with van der Waals surface area (Å²) in [6, 6.07) is 13.6. The summed E-state index contributed by atoms with van der Waals surface area (Å²) in [6.07, 6.45) is 0.883. The maximum atomic E-state index is 13.0. The largest absolute Gasteiger partial charge is 0.497 e. The normalized spacial score (nSPS) is 16.7. The molecule has 5 heteroatoms. The molecule has 1 aliphatic rings. The van der Waals surface area contributed by atoms with Gasteiger partial charge in [0.1, 0.15) is 17.1 Å². The molecule has 4 rings (SSSR count). The minimum atomic E-state index is -0.0602. The first-order valence-electron chi connectivity index (χ1n) is 9.11. The molecule has 1 atom stereocenters. The predicted octanol–water partition coefficient (Wildman–Crippen LogP) is 4.39. The van der Waals surface area contributed by atoms with Crippen molar-refractivity contribution >= 4 is 16.9 Å². The molecule has 1 amide bonds. The molecule has 140 valence electrons. The van der Waals surface area contributed by atoms with Crippen LogP contribution < -0.4 is 9.47 Å². The van der Waals surface area contributed by atoms with E-state index in [0.29, 0.717) is 18.8 Å². The Morgan fingerprint density at radius 3 is 2.74 bits per heavy atom. The van der Waals surface area contributed by atoms with Crippen LogP contribution in [0.5, 0.6) is 11.5 Å². The third-order valence-corrected chi connectivity index (χ3v) is 5.30. The molecule has 0 radical (unpaired) electrons. The molecule has 0 aliphatic carbocycles. The lowest BCUT2D eigenvalue weighted by molar-refractivity contribution is 0.0761. The summed E-state index contributed by atoms with van der Waals surface area (Å²) in [5, 5.41) is 0.962. The number of furan rings is 1. The molecule has 5 nitrogen and oxygen atoms in total. The van der Waals surface area contributed by atoms with E-state index in [4.69, 9.17) is 13.9 Å². The van der Waals surface area contributed by atoms with Crippen molar-refractivity contribution in [3.63, 3.8) is 0 Å². The highest BCUT2D eigenvalue weighted by Crippen LogP contribution is 2.36. The summed E-state index contributed by atoms with van der Waals surface area (Å²) in [6.45, 7) is 3.32. The smallest absolute Gasteiger partial charge is 0.289 e. The molecular weight excluding hydrogens is 342 g/mol. The molecule has 0 spiro atoms. The molecule has 2 aromatic carbocycles. The first-order chi connectivity index (χ1) is 13.1. The SMILES string of the molecule is COc1ccc(OC)c(C2CCN(C(=O)c3cc4cccc(C)c4o3)C2)c1. The molecule has 0 N–H and O–H groups in total. The minimum absolute atomic E-state index is 0.0602. The van der Waals surface area contributed by atoms with E-state index >= 15 is 0 Å². The number of amides is 1. The number of aryl methyl sites for hydroxylation is 1. The van der Waals surface area contributed by atoms with Gasteiger partial charge < -0.3 is 18.8 Å². The van der Waals surface area contributed by atoms with Crippen LogP contribution in [-0.2, 0) is 0 Å². The first kappa shape index (κ1) is 17.5. The molecule has 2 heterocycles. The van der Waals surface area contributed by atoms with E-state index < -0.39 is 0 Å². The monoisotopic (exact) mass is 365 g/mol. The summed E-state index contributed by atoms with van der Waals surface area (Å²) in [5.41, 5.74) is 2.89. The number of nitrogens with zero attached hydrogens (tertiary/aromatic N) is 1. The van der Waals surface area contributed by atoms with Gasteiger partial charge in [-0.3, -0.25) is 4.79 Å². The molecule has 1 aliphatic heterocycles. The molecule has 3 aromatic rings. The predicted molar refractivity (Wildman–Crippen MR) is 104 cm³/mol. The van der Waals surface area contributed by atoms with Gasteiger partial charge in [0.05, 0.1) is 14.2 Å². The Morgan fingerprint density at radius 1 is 1.15 bits per heavy atom. The summed E-state index contributed by atoms with van der Waals surface area (Å²) in [5.74, 6) is 2.18. The average Bonchev–Trinajstić information content (AvgIpc) is 3.35. The Balaban J connectivity index is 1.57. The number of carbonyl (C=O) groups is 1. The van der Waals surface area contributed by atoms with Gasteiger partial charge in [-0.2, -0.15) is 0 Å². The highest BCUT2D eigenvalue weighted by molar-refractivity contribution is 5.96. The Labute approximate surface area is 158 Å². The van der Waals surface area contributed by atoms with Crippen molar-refractivity contribution in [2.24, 2.45) is 0 Å². The maximum absolute atomic E-state index is 13.0. The van der Waals surface area contributed by atoms with Crippen molar-refractivity contribution in [3.8, 4) is 11.5 Å². The zero-order valence-electron chi connectivity index (χ0n) is 15.8. The van der Waals surface area contributed by atoms with E-state index in [1.807, 2.05) is 54.3 Å². The number of hydrogen-bond donors (Lipinski definition) is 0. The standard InChI is InChI=1S/C22H23NO4/c1-14-5-4-6-15-11-20(27-21(14)15)22(24)23-10-9-16(13-23)18-12-17(25-2)7-8-19(18)26-3/h4-8,11-12,16H,9-10,13H2,1-3H3. The number of ether oxygens (including phenoxy) is 2. The number of rotatable bonds is 4. The summed E-state index contributed by atoms with van der Waals surface area (Å²) >= 11 is 0. The Morgan fingerprint density at radius 2 is 2.00 bits per heavy atom. The lowest BCUT2D eigenvalue weighted by atomic mass is 9.97. The van der Waals surface area contributed by atoms with Gasteiger partial charge in [0, 0.05) is 30.0 Å². The van der Waals surface area contributed by atoms with Crippen molar-refractivity contribution in [1.29, 1.82) is 0 Å². The molecule has 1 fully saturated rings. The number of fused-ring (bicyclic) bond motifs is 1. The maximum Gasteiger partial charge on any atom is 0.289 e. The second kappa shape index (κ2) is 6.99. The van der Waals surface area contributed by atoms with Crippen LogP contribution in [0.1, 0.15) is 34.0 Å². The van der Waals surface area contributed by atoms with Gasteiger partial charge in [-0.25, -0.2) is 0 Å². The Bertz CT molecular complexity index is 991. The van der Waals surface area contributed by atoms with Crippen LogP contribution in [0.3, 0.4) is 0 Å². The van der Waals surface area contributed by atoms with Gasteiger partial charge in [-0.05, 0) is 43.2 Å². The molecule has 1 unspecified atom stereocenters. The number of methoxy groups -OCH3 is 2. The van der Waals surface area contributed by atoms with Gasteiger partial charge in [-0.15, -0.1) is 0 Å². The first-order valence-corrected chi connectivity index (χ1v) is 9.11. The fourth-order valence-electron chi connectivity index (χ4n) is 3.83. The van der Waals surface area contributed by atoms with Gasteiger partial charge in [0.15, 0.2) is 5.76 Å². The van der Waals surface area contributed by atoms with Crippen LogP contribution in [0.25, 0.3) is 11.0 Å². The van der Waals surface area contributed by atoms with Gasteiger partial charge in [0.2, 0.25) is 0 Å². The molecule has 0 bridgehead atoms. The van der Waals surface area contributed by atoms with Crippen molar-refractivity contribution in [3.05, 3.63) is 59.4 Å². The number of likely N-dealkylation sites (tertiary alicyclic amines) is 1. The number of para-hydroxylation sites is 1. The van der Waals surface area contributed by atoms with Crippen LogP contribution in [-0.4, -0.2) is 38.1 Å². The van der Waals surface area contributed by atoms with Crippen molar-refractivity contribution in [2.75, 3.05) is 27.3 Å². The third-order valence-electron chi connectivity index (χ3n) is 5.30. The highest BCUT2D eigenvalue weighted by Gasteiger charge is 2.31. The van der Waals surface area contributed by atoms with Gasteiger partial charge >= 0.3 is 0 Å². The van der Waals surface area contributed by atoms with Gasteiger partial charge in [-0.1, -0.05) is 18.2 Å². The molecule has 27 heavy (non-hydrogen) atoms. The van der Waals surface area contributed by atoms with Crippen LogP contribution in [0.2, 0.25) is 0 Å². The van der Waals surface area contributed by atoms with E-state index in [1.165, 1.54) is 0 Å². The quantitative estimate of drug-likeness (QED) is 0.688. The summed E-state index contributed by atoms with van der Waals surface area (Å²) in [7, 11) is 3.32. The van der Waals surface area contributed by atoms with Crippen LogP contribution in [0.4, 0.5) is 0 Å². The van der Waals surface area contributed by atoms with Crippen molar-refractivity contribution < 1.29 is 18.7 Å². The molecule has 1 saturated heterocycles. The lowest BCUT2D eigenvalue weighted by Crippen LogP contribution is -2.28. The lowest BCUT2D eigenvalue weighted by Gasteiger charge is -2.17. The second-order valence-electron chi connectivity index (χ2n) is 6.95. The van der Waals surface area contributed by atoms with Crippen LogP contribution in [0, 0.1) is 6.92 Å². The number of benzene rings is 2. The number of hydrogen-bond acceptors (Lipinski definition) is 4. The van der Waals surface area contributed by atoms with E-state index in [9.17, 15) is 4.79 Å². The van der Waals surface area contributed by atoms with E-state index in [-0.39, 0.29) is 11.8 Å². The zero-order valence-corrected chi connectivity index (χ0v) is 15.8. The fourth-order valence-corrected chi connectivity index (χ4v) is 3.83. The minimum Gasteiger partial charge on any atom is -0.497 e. The molecule has 1 aromatic heterocycles. The Hall–Kier alpha value is -2.95. The van der Waals surface area contributed by atoms with Crippen molar-refractivity contribution in [1.82, 2.24) is 4.90 Å². The highest BCUT2D eigenvalue weighted by atomic mass is 16.5. The zero-order chi connectivity index (χ0) is 19.0. The topological polar surface area (TPSA) is 51.9 Å². The Kier molecular flexibility index (Phi) is 4.52. The van der Waals surface area contributed by atoms with Crippen LogP contribution in [0.15, 0.2) is 46.9 Å².